The first-order valence-electron chi connectivity index (χ1n) is 6.26. The molecule has 0 aromatic heterocycles. The van der Waals surface area contributed by atoms with Gasteiger partial charge in [0, 0.05) is 11.3 Å². The van der Waals surface area contributed by atoms with Crippen molar-refractivity contribution in [2.45, 2.75) is 25.7 Å². The molecule has 0 aliphatic heterocycles. The Balaban J connectivity index is 1.95. The minimum absolute atomic E-state index is 0.217. The fraction of sp³-hybridized carbons (Fsp3) is 0.400. The lowest BCUT2D eigenvalue weighted by Gasteiger charge is -2.28. The minimum atomic E-state index is 0.217. The van der Waals surface area contributed by atoms with Gasteiger partial charge in [-0.25, -0.2) is 0 Å². The van der Waals surface area contributed by atoms with Gasteiger partial charge in [-0.3, -0.25) is 4.79 Å². The van der Waals surface area contributed by atoms with Crippen molar-refractivity contribution in [1.29, 1.82) is 0 Å². The van der Waals surface area contributed by atoms with Gasteiger partial charge in [-0.05, 0) is 60.6 Å². The lowest BCUT2D eigenvalue weighted by molar-refractivity contribution is -0.118. The number of carbonyl (C=O) groups is 1. The maximum Gasteiger partial charge on any atom is 0.159 e. The summed E-state index contributed by atoms with van der Waals surface area (Å²) in [6.45, 7) is 0. The van der Waals surface area contributed by atoms with Crippen LogP contribution in [0, 0.1) is 11.3 Å². The first-order valence-corrected chi connectivity index (χ1v) is 6.26. The van der Waals surface area contributed by atoms with Crippen molar-refractivity contribution in [2.75, 3.05) is 0 Å². The number of carbonyl (C=O) groups excluding carboxylic acids is 1. The summed E-state index contributed by atoms with van der Waals surface area (Å²) in [6, 6.07) is 5.56. The van der Waals surface area contributed by atoms with Gasteiger partial charge >= 0.3 is 0 Å². The number of phenolic OH excluding ortho intramolecular Hbond substituents is 1. The third-order valence-corrected chi connectivity index (χ3v) is 4.78. The third kappa shape index (κ3) is 1.08. The number of aromatic hydroxyl groups is 1. The van der Waals surface area contributed by atoms with E-state index in [1.807, 2.05) is 18.2 Å². The maximum absolute atomic E-state index is 11.9. The summed E-state index contributed by atoms with van der Waals surface area (Å²) in [5.41, 5.74) is 3.86. The molecule has 1 N–H and O–H groups in total. The Kier molecular flexibility index (Phi) is 1.56. The van der Waals surface area contributed by atoms with Gasteiger partial charge in [-0.2, -0.15) is 0 Å². The average molecular weight is 226 g/mol. The van der Waals surface area contributed by atoms with Crippen molar-refractivity contribution >= 4 is 11.4 Å². The standard InChI is InChI=1S/C15H14O2/c16-11-1-2-12-10(5-11)8-15-4-3-9(7-15)14(17)6-13(12)15/h1-2,5-6,9,16H,3-4,7-8H2. The molecule has 86 valence electrons. The monoisotopic (exact) mass is 226 g/mol. The van der Waals surface area contributed by atoms with Gasteiger partial charge in [0.15, 0.2) is 5.78 Å². The van der Waals surface area contributed by atoms with Gasteiger partial charge in [-0.15, -0.1) is 0 Å². The van der Waals surface area contributed by atoms with Crippen LogP contribution in [0.3, 0.4) is 0 Å². The molecule has 17 heavy (non-hydrogen) atoms. The molecule has 0 heterocycles. The molecule has 1 aromatic rings. The Morgan fingerprint density at radius 2 is 2.24 bits per heavy atom. The number of hydrogen-bond acceptors (Lipinski definition) is 2. The van der Waals surface area contributed by atoms with Crippen molar-refractivity contribution in [1.82, 2.24) is 0 Å². The van der Waals surface area contributed by atoms with Crippen LogP contribution >= 0.6 is 0 Å². The number of allylic oxidation sites excluding steroid dienone is 2. The second kappa shape index (κ2) is 2.81. The summed E-state index contributed by atoms with van der Waals surface area (Å²) in [7, 11) is 0. The topological polar surface area (TPSA) is 37.3 Å². The van der Waals surface area contributed by atoms with Crippen LogP contribution in [-0.4, -0.2) is 10.9 Å². The molecule has 3 aliphatic carbocycles. The fourth-order valence-electron chi connectivity index (χ4n) is 4.00. The smallest absolute Gasteiger partial charge is 0.159 e. The van der Waals surface area contributed by atoms with Crippen LogP contribution in [0.4, 0.5) is 0 Å². The van der Waals surface area contributed by atoms with E-state index in [0.717, 1.165) is 25.7 Å². The van der Waals surface area contributed by atoms with Gasteiger partial charge in [-0.1, -0.05) is 6.07 Å². The summed E-state index contributed by atoms with van der Waals surface area (Å²) < 4.78 is 0. The molecule has 0 saturated heterocycles. The van der Waals surface area contributed by atoms with Crippen LogP contribution in [0.15, 0.2) is 24.3 Å². The summed E-state index contributed by atoms with van der Waals surface area (Å²) in [5.74, 6) is 0.913. The Bertz CT molecular complexity index is 570. The third-order valence-electron chi connectivity index (χ3n) is 4.78. The molecule has 2 nitrogen and oxygen atoms in total. The quantitative estimate of drug-likeness (QED) is 0.738. The van der Waals surface area contributed by atoms with Crippen molar-refractivity contribution in [3.63, 3.8) is 0 Å². The van der Waals surface area contributed by atoms with Crippen LogP contribution in [0.2, 0.25) is 0 Å². The Morgan fingerprint density at radius 1 is 1.35 bits per heavy atom. The SMILES string of the molecule is O=C1C=C2c3ccc(O)cc3CC23CCC1C3. The molecular weight excluding hydrogens is 212 g/mol. The van der Waals surface area contributed by atoms with Crippen molar-refractivity contribution in [3.05, 3.63) is 35.4 Å². The summed E-state index contributed by atoms with van der Waals surface area (Å²) >= 11 is 0. The summed E-state index contributed by atoms with van der Waals surface area (Å²) in [5, 5.41) is 9.56. The van der Waals surface area contributed by atoms with Crippen LogP contribution in [0.1, 0.15) is 30.4 Å². The number of rotatable bonds is 0. The first-order chi connectivity index (χ1) is 8.18. The molecular formula is C15H14O2. The largest absolute Gasteiger partial charge is 0.508 e. The van der Waals surface area contributed by atoms with E-state index in [2.05, 4.69) is 0 Å². The highest BCUT2D eigenvalue weighted by molar-refractivity contribution is 6.03. The van der Waals surface area contributed by atoms with E-state index in [1.54, 1.807) is 6.07 Å². The first kappa shape index (κ1) is 9.46. The number of hydrogen-bond donors (Lipinski definition) is 1. The molecule has 1 aromatic carbocycles. The predicted octanol–water partition coefficient (Wildman–Crippen LogP) is 2.70. The molecule has 2 bridgehead atoms. The van der Waals surface area contributed by atoms with E-state index in [4.69, 9.17) is 0 Å². The zero-order chi connectivity index (χ0) is 11.6. The molecule has 2 atom stereocenters. The van der Waals surface area contributed by atoms with Gasteiger partial charge in [0.2, 0.25) is 0 Å². The van der Waals surface area contributed by atoms with Crippen molar-refractivity contribution in [2.24, 2.45) is 11.3 Å². The van der Waals surface area contributed by atoms with Crippen molar-refractivity contribution in [3.8, 4) is 5.75 Å². The van der Waals surface area contributed by atoms with E-state index < -0.39 is 0 Å². The zero-order valence-electron chi connectivity index (χ0n) is 9.57. The minimum Gasteiger partial charge on any atom is -0.508 e. The molecule has 3 aliphatic rings. The van der Waals surface area contributed by atoms with Gasteiger partial charge < -0.3 is 5.11 Å². The number of fused-ring (bicyclic) bond motifs is 3. The number of benzene rings is 1. The van der Waals surface area contributed by atoms with Gasteiger partial charge in [0.05, 0.1) is 0 Å². The molecule has 2 unspecified atom stereocenters. The van der Waals surface area contributed by atoms with Crippen LogP contribution in [0.25, 0.3) is 5.57 Å². The molecule has 1 spiro atoms. The van der Waals surface area contributed by atoms with E-state index in [9.17, 15) is 9.90 Å². The van der Waals surface area contributed by atoms with Gasteiger partial charge in [0.1, 0.15) is 5.75 Å². The lowest BCUT2D eigenvalue weighted by Crippen LogP contribution is -2.23. The van der Waals surface area contributed by atoms with Crippen LogP contribution in [-0.2, 0) is 11.2 Å². The van der Waals surface area contributed by atoms with Crippen molar-refractivity contribution < 1.29 is 9.90 Å². The second-order valence-corrected chi connectivity index (χ2v) is 5.70. The Morgan fingerprint density at radius 3 is 3.12 bits per heavy atom. The second-order valence-electron chi connectivity index (χ2n) is 5.70. The molecule has 4 rings (SSSR count). The van der Waals surface area contributed by atoms with Crippen LogP contribution in [0.5, 0.6) is 5.75 Å². The van der Waals surface area contributed by atoms with Gasteiger partial charge in [0.25, 0.3) is 0 Å². The number of ketones is 1. The highest BCUT2D eigenvalue weighted by Crippen LogP contribution is 2.60. The Labute approximate surface area is 100.0 Å². The Hall–Kier alpha value is -1.57. The van der Waals surface area contributed by atoms with E-state index in [-0.39, 0.29) is 11.3 Å². The molecule has 2 heteroatoms. The molecule has 0 amide bonds. The molecule has 0 radical (unpaired) electrons. The predicted molar refractivity (Wildman–Crippen MR) is 64.6 cm³/mol. The van der Waals surface area contributed by atoms with E-state index >= 15 is 0 Å². The maximum atomic E-state index is 11.9. The average Bonchev–Trinajstić information content (AvgIpc) is 2.80. The van der Waals surface area contributed by atoms with E-state index in [0.29, 0.717) is 11.5 Å². The normalized spacial score (nSPS) is 33.3. The fourth-order valence-corrected chi connectivity index (χ4v) is 4.00. The summed E-state index contributed by atoms with van der Waals surface area (Å²) in [6.07, 6.45) is 6.08. The van der Waals surface area contributed by atoms with E-state index in [1.165, 1.54) is 16.7 Å². The van der Waals surface area contributed by atoms with Crippen LogP contribution < -0.4 is 0 Å². The highest BCUT2D eigenvalue weighted by atomic mass is 16.3. The summed E-state index contributed by atoms with van der Waals surface area (Å²) in [4.78, 5) is 11.9. The zero-order valence-corrected chi connectivity index (χ0v) is 9.57. The lowest BCUT2D eigenvalue weighted by atomic mass is 9.74. The number of phenols is 1. The molecule has 1 saturated carbocycles. The highest BCUT2D eigenvalue weighted by Gasteiger charge is 2.51. The molecule has 1 fully saturated rings.